The normalized spacial score (nSPS) is 13.3. The summed E-state index contributed by atoms with van der Waals surface area (Å²) in [6, 6.07) is -0.698. The number of aliphatic hydroxyl groups is 2. The maximum atomic E-state index is 13.1. The molecule has 0 fully saturated rings. The predicted molar refractivity (Wildman–Crippen MR) is 241 cm³/mol. The van der Waals surface area contributed by atoms with E-state index in [1.807, 2.05) is 0 Å². The van der Waals surface area contributed by atoms with Crippen molar-refractivity contribution in [2.75, 3.05) is 6.61 Å². The number of hydrogen-bond acceptors (Lipinski definition) is 5. The lowest BCUT2D eigenvalue weighted by Gasteiger charge is -2.24. The second kappa shape index (κ2) is 44.7. The van der Waals surface area contributed by atoms with Gasteiger partial charge in [0.25, 0.3) is 0 Å². The van der Waals surface area contributed by atoms with Crippen molar-refractivity contribution in [3.05, 3.63) is 12.2 Å². The van der Waals surface area contributed by atoms with Crippen molar-refractivity contribution in [3.63, 3.8) is 0 Å². The van der Waals surface area contributed by atoms with Crippen LogP contribution in [0, 0.1) is 0 Å². The number of unbranched alkanes of at least 4 members (excludes halogenated alkanes) is 31. The Balaban J connectivity index is 4.38. The zero-order valence-electron chi connectivity index (χ0n) is 37.8. The average molecular weight is 792 g/mol. The summed E-state index contributed by atoms with van der Waals surface area (Å²) in [6.07, 6.45) is 48.6. The van der Waals surface area contributed by atoms with E-state index in [1.54, 1.807) is 0 Å². The molecule has 3 N–H and O–H groups in total. The molecule has 0 aliphatic heterocycles. The van der Waals surface area contributed by atoms with Crippen molar-refractivity contribution in [3.8, 4) is 0 Å². The number of nitrogens with one attached hydrogen (secondary N) is 1. The Morgan fingerprint density at radius 3 is 1.34 bits per heavy atom. The Morgan fingerprint density at radius 2 is 0.893 bits per heavy atom. The summed E-state index contributed by atoms with van der Waals surface area (Å²) < 4.78 is 5.90. The van der Waals surface area contributed by atoms with Crippen LogP contribution in [-0.2, 0) is 14.3 Å². The molecule has 0 saturated heterocycles. The molecule has 6 nitrogen and oxygen atoms in total. The minimum atomic E-state index is -0.784. The van der Waals surface area contributed by atoms with E-state index in [4.69, 9.17) is 4.74 Å². The molecule has 0 aromatic heterocycles. The Kier molecular flexibility index (Phi) is 43.6. The van der Waals surface area contributed by atoms with E-state index >= 15 is 0 Å². The summed E-state index contributed by atoms with van der Waals surface area (Å²) in [5, 5.41) is 23.6. The Morgan fingerprint density at radius 1 is 0.500 bits per heavy atom. The summed E-state index contributed by atoms with van der Waals surface area (Å²) in [7, 11) is 0. The topological polar surface area (TPSA) is 95.9 Å². The molecule has 332 valence electrons. The van der Waals surface area contributed by atoms with E-state index in [1.165, 1.54) is 161 Å². The summed E-state index contributed by atoms with van der Waals surface area (Å²) >= 11 is 0. The van der Waals surface area contributed by atoms with Crippen LogP contribution in [0.2, 0.25) is 0 Å². The van der Waals surface area contributed by atoms with Gasteiger partial charge in [-0.1, -0.05) is 226 Å². The maximum absolute atomic E-state index is 13.1. The van der Waals surface area contributed by atoms with E-state index in [9.17, 15) is 19.8 Å². The Labute approximate surface area is 349 Å². The highest BCUT2D eigenvalue weighted by Gasteiger charge is 2.24. The van der Waals surface area contributed by atoms with Gasteiger partial charge in [0.05, 0.1) is 25.2 Å². The standard InChI is InChI=1S/C50H97NO5/c1-4-7-10-13-16-19-21-23-24-25-26-27-29-31-34-37-40-43-50(55)56-46(41-38-35-32-18-15-12-9-6-3)44-49(54)51-47(45-52)48(53)42-39-36-33-30-28-22-20-17-14-11-8-5-2/h12,15,46-48,52-53H,4-11,13-14,16-45H2,1-3H3,(H,51,54)/b15-12-. The third kappa shape index (κ3) is 39.4. The van der Waals surface area contributed by atoms with Gasteiger partial charge in [-0.25, -0.2) is 0 Å². The van der Waals surface area contributed by atoms with E-state index < -0.39 is 18.2 Å². The average Bonchev–Trinajstić information content (AvgIpc) is 3.19. The summed E-state index contributed by atoms with van der Waals surface area (Å²) in [5.74, 6) is -0.479. The summed E-state index contributed by atoms with van der Waals surface area (Å²) in [5.41, 5.74) is 0. The third-order valence-corrected chi connectivity index (χ3v) is 11.6. The van der Waals surface area contributed by atoms with Crippen LogP contribution in [0.15, 0.2) is 12.2 Å². The van der Waals surface area contributed by atoms with Crippen LogP contribution in [0.3, 0.4) is 0 Å². The molecule has 0 heterocycles. The number of carbonyl (C=O) groups is 2. The van der Waals surface area contributed by atoms with Gasteiger partial charge < -0.3 is 20.3 Å². The number of amides is 1. The quantitative estimate of drug-likeness (QED) is 0.0324. The highest BCUT2D eigenvalue weighted by Crippen LogP contribution is 2.18. The van der Waals surface area contributed by atoms with E-state index in [2.05, 4.69) is 38.2 Å². The minimum Gasteiger partial charge on any atom is -0.462 e. The molecule has 0 aliphatic carbocycles. The molecule has 3 atom stereocenters. The van der Waals surface area contributed by atoms with Crippen molar-refractivity contribution in [1.82, 2.24) is 5.32 Å². The number of ether oxygens (including phenoxy) is 1. The zero-order valence-corrected chi connectivity index (χ0v) is 37.8. The van der Waals surface area contributed by atoms with Gasteiger partial charge in [-0.2, -0.15) is 0 Å². The number of allylic oxidation sites excluding steroid dienone is 2. The molecule has 3 unspecified atom stereocenters. The van der Waals surface area contributed by atoms with Crippen LogP contribution in [0.25, 0.3) is 0 Å². The minimum absolute atomic E-state index is 0.0724. The molecule has 0 radical (unpaired) electrons. The fraction of sp³-hybridized carbons (Fsp3) is 0.920. The summed E-state index contributed by atoms with van der Waals surface area (Å²) in [4.78, 5) is 26.0. The van der Waals surface area contributed by atoms with Gasteiger partial charge in [-0.3, -0.25) is 9.59 Å². The predicted octanol–water partition coefficient (Wildman–Crippen LogP) is 14.6. The molecule has 0 bridgehead atoms. The van der Waals surface area contributed by atoms with Gasteiger partial charge >= 0.3 is 5.97 Å². The zero-order chi connectivity index (χ0) is 41.0. The van der Waals surface area contributed by atoms with Crippen molar-refractivity contribution in [2.45, 2.75) is 289 Å². The largest absolute Gasteiger partial charge is 0.462 e. The molecule has 0 aliphatic rings. The van der Waals surface area contributed by atoms with Gasteiger partial charge in [0, 0.05) is 6.42 Å². The molecule has 1 amide bonds. The molecule has 56 heavy (non-hydrogen) atoms. The molecular weight excluding hydrogens is 695 g/mol. The lowest BCUT2D eigenvalue weighted by Crippen LogP contribution is -2.46. The first-order valence-corrected chi connectivity index (χ1v) is 24.9. The van der Waals surface area contributed by atoms with Crippen molar-refractivity contribution in [1.29, 1.82) is 0 Å². The molecule has 6 heteroatoms. The SMILES string of the molecule is CCC/C=C\CCCCCC(CC(=O)NC(CO)C(O)CCCCCCCCCCCCCC)OC(=O)CCCCCCCCCCCCCCCCCCC. The van der Waals surface area contributed by atoms with E-state index in [-0.39, 0.29) is 24.9 Å². The molecule has 0 saturated carbocycles. The third-order valence-electron chi connectivity index (χ3n) is 11.6. The van der Waals surface area contributed by atoms with Gasteiger partial charge in [-0.15, -0.1) is 0 Å². The lowest BCUT2D eigenvalue weighted by molar-refractivity contribution is -0.151. The summed E-state index contributed by atoms with van der Waals surface area (Å²) in [6.45, 7) is 6.42. The first-order valence-electron chi connectivity index (χ1n) is 24.9. The molecule has 0 aromatic carbocycles. The Hall–Kier alpha value is -1.40. The maximum Gasteiger partial charge on any atom is 0.306 e. The van der Waals surface area contributed by atoms with Crippen LogP contribution in [0.4, 0.5) is 0 Å². The number of rotatable bonds is 45. The first-order chi connectivity index (χ1) is 27.5. The molecule has 0 rings (SSSR count). The van der Waals surface area contributed by atoms with Gasteiger partial charge in [0.2, 0.25) is 5.91 Å². The monoisotopic (exact) mass is 792 g/mol. The van der Waals surface area contributed by atoms with Crippen LogP contribution < -0.4 is 5.32 Å². The van der Waals surface area contributed by atoms with Crippen molar-refractivity contribution >= 4 is 11.9 Å². The smallest absolute Gasteiger partial charge is 0.306 e. The second-order valence-electron chi connectivity index (χ2n) is 17.2. The van der Waals surface area contributed by atoms with Gasteiger partial charge in [0.15, 0.2) is 0 Å². The number of carbonyl (C=O) groups excluding carboxylic acids is 2. The fourth-order valence-electron chi connectivity index (χ4n) is 7.79. The van der Waals surface area contributed by atoms with E-state index in [0.29, 0.717) is 19.3 Å². The fourth-order valence-corrected chi connectivity index (χ4v) is 7.79. The van der Waals surface area contributed by atoms with E-state index in [0.717, 1.165) is 64.2 Å². The molecule has 0 spiro atoms. The van der Waals surface area contributed by atoms with Crippen LogP contribution >= 0.6 is 0 Å². The Bertz CT molecular complexity index is 847. The highest BCUT2D eigenvalue weighted by atomic mass is 16.5. The molecular formula is C50H97NO5. The highest BCUT2D eigenvalue weighted by molar-refractivity contribution is 5.77. The van der Waals surface area contributed by atoms with Crippen molar-refractivity contribution < 1.29 is 24.5 Å². The van der Waals surface area contributed by atoms with Crippen molar-refractivity contribution in [2.24, 2.45) is 0 Å². The van der Waals surface area contributed by atoms with Crippen LogP contribution in [0.5, 0.6) is 0 Å². The van der Waals surface area contributed by atoms with Crippen LogP contribution in [-0.4, -0.2) is 46.9 Å². The second-order valence-corrected chi connectivity index (χ2v) is 17.2. The van der Waals surface area contributed by atoms with Gasteiger partial charge in [-0.05, 0) is 44.9 Å². The first kappa shape index (κ1) is 54.6. The number of hydrogen-bond donors (Lipinski definition) is 3. The van der Waals surface area contributed by atoms with Gasteiger partial charge in [0.1, 0.15) is 6.10 Å². The number of aliphatic hydroxyl groups excluding tert-OH is 2. The lowest BCUT2D eigenvalue weighted by atomic mass is 10.0. The number of esters is 1. The molecule has 0 aromatic rings. The van der Waals surface area contributed by atoms with Crippen LogP contribution in [0.1, 0.15) is 271 Å².